The fourth-order valence-corrected chi connectivity index (χ4v) is 4.19. The van der Waals surface area contributed by atoms with Gasteiger partial charge in [0.15, 0.2) is 0 Å². The van der Waals surface area contributed by atoms with Crippen LogP contribution in [-0.4, -0.2) is 46.5 Å². The van der Waals surface area contributed by atoms with Gasteiger partial charge in [-0.1, -0.05) is 30.3 Å². The maximum atomic E-state index is 11.9. The van der Waals surface area contributed by atoms with Crippen molar-refractivity contribution in [2.45, 2.75) is 25.8 Å². The standard InChI is InChI=1S/C16H22NO5P/c18-14(17-12-13-4-2-1-3-5-13)6-9-23(10-7-15(19)20)11-8-16(21)22/h1-5H,6-12H2,(H,17,18)(H,19,20)(H,21,22). The van der Waals surface area contributed by atoms with Crippen molar-refractivity contribution in [3.63, 3.8) is 0 Å². The van der Waals surface area contributed by atoms with Gasteiger partial charge in [-0.2, -0.15) is 0 Å². The van der Waals surface area contributed by atoms with E-state index in [0.29, 0.717) is 31.5 Å². The van der Waals surface area contributed by atoms with Gasteiger partial charge in [-0.3, -0.25) is 14.4 Å². The summed E-state index contributed by atoms with van der Waals surface area (Å²) in [4.78, 5) is 33.2. The Morgan fingerprint density at radius 2 is 1.39 bits per heavy atom. The molecule has 1 amide bonds. The van der Waals surface area contributed by atoms with E-state index >= 15 is 0 Å². The van der Waals surface area contributed by atoms with E-state index in [-0.39, 0.29) is 18.7 Å². The Kier molecular flexibility index (Phi) is 8.91. The van der Waals surface area contributed by atoms with Crippen molar-refractivity contribution in [2.75, 3.05) is 18.5 Å². The molecule has 0 bridgehead atoms. The van der Waals surface area contributed by atoms with E-state index in [2.05, 4.69) is 5.32 Å². The molecule has 23 heavy (non-hydrogen) atoms. The Balaban J connectivity index is 2.34. The van der Waals surface area contributed by atoms with Gasteiger partial charge < -0.3 is 15.5 Å². The summed E-state index contributed by atoms with van der Waals surface area (Å²) in [5.41, 5.74) is 1.01. The van der Waals surface area contributed by atoms with Crippen molar-refractivity contribution in [1.29, 1.82) is 0 Å². The first-order valence-electron chi connectivity index (χ1n) is 7.44. The molecule has 0 atom stereocenters. The number of hydrogen-bond acceptors (Lipinski definition) is 3. The van der Waals surface area contributed by atoms with Crippen LogP contribution in [0.1, 0.15) is 24.8 Å². The minimum Gasteiger partial charge on any atom is -0.481 e. The SMILES string of the molecule is O=C(O)CCP(CCC(=O)O)CCC(=O)NCc1ccccc1. The number of aliphatic carboxylic acids is 2. The van der Waals surface area contributed by atoms with Crippen LogP contribution in [0.4, 0.5) is 0 Å². The van der Waals surface area contributed by atoms with Crippen molar-refractivity contribution in [3.8, 4) is 0 Å². The van der Waals surface area contributed by atoms with Crippen LogP contribution >= 0.6 is 7.92 Å². The highest BCUT2D eigenvalue weighted by molar-refractivity contribution is 7.57. The van der Waals surface area contributed by atoms with Crippen LogP contribution in [-0.2, 0) is 20.9 Å². The summed E-state index contributed by atoms with van der Waals surface area (Å²) in [5, 5.41) is 20.3. The minimum atomic E-state index is -0.888. The lowest BCUT2D eigenvalue weighted by Gasteiger charge is -2.15. The minimum absolute atomic E-state index is 0.0248. The number of nitrogens with one attached hydrogen (secondary N) is 1. The van der Waals surface area contributed by atoms with Gasteiger partial charge in [0.2, 0.25) is 5.91 Å². The third-order valence-electron chi connectivity index (χ3n) is 3.27. The van der Waals surface area contributed by atoms with Crippen molar-refractivity contribution in [2.24, 2.45) is 0 Å². The van der Waals surface area contributed by atoms with Gasteiger partial charge in [-0.05, 0) is 24.0 Å². The van der Waals surface area contributed by atoms with Gasteiger partial charge in [0.05, 0.1) is 0 Å². The zero-order chi connectivity index (χ0) is 17.1. The van der Waals surface area contributed by atoms with Crippen molar-refractivity contribution in [1.82, 2.24) is 5.32 Å². The van der Waals surface area contributed by atoms with Gasteiger partial charge in [-0.25, -0.2) is 0 Å². The monoisotopic (exact) mass is 339 g/mol. The quantitative estimate of drug-likeness (QED) is 0.536. The van der Waals surface area contributed by atoms with Crippen LogP contribution in [0.5, 0.6) is 0 Å². The van der Waals surface area contributed by atoms with E-state index in [4.69, 9.17) is 10.2 Å². The molecule has 0 radical (unpaired) electrons. The Morgan fingerprint density at radius 1 is 0.870 bits per heavy atom. The van der Waals surface area contributed by atoms with E-state index in [1.54, 1.807) is 0 Å². The molecule has 1 aromatic carbocycles. The second kappa shape index (κ2) is 10.7. The maximum Gasteiger partial charge on any atom is 0.303 e. The Labute approximate surface area is 136 Å². The topological polar surface area (TPSA) is 104 Å². The molecule has 0 saturated heterocycles. The number of carbonyl (C=O) groups excluding carboxylic acids is 1. The maximum absolute atomic E-state index is 11.9. The number of carboxylic acid groups (broad SMARTS) is 2. The first-order chi connectivity index (χ1) is 11.0. The Bertz CT molecular complexity index is 502. The molecule has 1 aromatic rings. The van der Waals surface area contributed by atoms with Crippen LogP contribution in [0.3, 0.4) is 0 Å². The summed E-state index contributed by atoms with van der Waals surface area (Å²) in [6.07, 6.45) is 1.84. The number of carbonyl (C=O) groups is 3. The molecule has 7 heteroatoms. The summed E-state index contributed by atoms with van der Waals surface area (Å²) in [7, 11) is -0.746. The third-order valence-corrected chi connectivity index (χ3v) is 5.84. The molecule has 1 rings (SSSR count). The van der Waals surface area contributed by atoms with Gasteiger partial charge in [0, 0.05) is 25.8 Å². The van der Waals surface area contributed by atoms with Gasteiger partial charge >= 0.3 is 11.9 Å². The molecular weight excluding hydrogens is 317 g/mol. The van der Waals surface area contributed by atoms with Gasteiger partial charge in [-0.15, -0.1) is 7.92 Å². The molecule has 0 aromatic heterocycles. The van der Waals surface area contributed by atoms with Crippen molar-refractivity contribution in [3.05, 3.63) is 35.9 Å². The van der Waals surface area contributed by atoms with Crippen LogP contribution in [0.15, 0.2) is 30.3 Å². The lowest BCUT2D eigenvalue weighted by molar-refractivity contribution is -0.137. The Morgan fingerprint density at radius 3 is 1.91 bits per heavy atom. The van der Waals surface area contributed by atoms with Crippen LogP contribution in [0, 0.1) is 0 Å². The van der Waals surface area contributed by atoms with E-state index in [1.165, 1.54) is 0 Å². The zero-order valence-corrected chi connectivity index (χ0v) is 13.8. The number of hydrogen-bond donors (Lipinski definition) is 3. The predicted molar refractivity (Wildman–Crippen MR) is 88.9 cm³/mol. The molecule has 126 valence electrons. The van der Waals surface area contributed by atoms with Crippen LogP contribution in [0.2, 0.25) is 0 Å². The number of amides is 1. The van der Waals surface area contributed by atoms with E-state index in [1.807, 2.05) is 30.3 Å². The number of carboxylic acids is 2. The first-order valence-corrected chi connectivity index (χ1v) is 9.33. The average molecular weight is 339 g/mol. The average Bonchev–Trinajstić information content (AvgIpc) is 2.52. The molecule has 0 aliphatic heterocycles. The molecule has 0 fully saturated rings. The Hall–Kier alpha value is -1.94. The van der Waals surface area contributed by atoms with Gasteiger partial charge in [0.1, 0.15) is 0 Å². The summed E-state index contributed by atoms with van der Waals surface area (Å²) in [6.45, 7) is 0.460. The highest BCUT2D eigenvalue weighted by Gasteiger charge is 2.14. The highest BCUT2D eigenvalue weighted by atomic mass is 31.1. The van der Waals surface area contributed by atoms with Crippen LogP contribution < -0.4 is 5.32 Å². The second-order valence-corrected chi connectivity index (χ2v) is 7.82. The second-order valence-electron chi connectivity index (χ2n) is 5.14. The molecule has 3 N–H and O–H groups in total. The molecule has 0 spiro atoms. The fourth-order valence-electron chi connectivity index (χ4n) is 1.99. The molecule has 6 nitrogen and oxygen atoms in total. The van der Waals surface area contributed by atoms with E-state index in [9.17, 15) is 14.4 Å². The smallest absolute Gasteiger partial charge is 0.303 e. The number of benzene rings is 1. The van der Waals surface area contributed by atoms with Crippen molar-refractivity contribution < 1.29 is 24.6 Å². The normalized spacial score (nSPS) is 10.5. The summed E-state index contributed by atoms with van der Waals surface area (Å²) in [5.74, 6) is -1.87. The molecule has 0 saturated carbocycles. The molecule has 0 aliphatic carbocycles. The first kappa shape index (κ1) is 19.1. The summed E-state index contributed by atoms with van der Waals surface area (Å²) in [6, 6.07) is 9.56. The summed E-state index contributed by atoms with van der Waals surface area (Å²) >= 11 is 0. The largest absolute Gasteiger partial charge is 0.481 e. The predicted octanol–water partition coefficient (Wildman–Crippen LogP) is 2.12. The lowest BCUT2D eigenvalue weighted by Crippen LogP contribution is -2.23. The molecular formula is C16H22NO5P. The van der Waals surface area contributed by atoms with E-state index in [0.717, 1.165) is 5.56 Å². The fraction of sp³-hybridized carbons (Fsp3) is 0.438. The highest BCUT2D eigenvalue weighted by Crippen LogP contribution is 2.37. The molecule has 0 aliphatic rings. The van der Waals surface area contributed by atoms with Crippen LogP contribution in [0.25, 0.3) is 0 Å². The number of rotatable bonds is 11. The summed E-state index contributed by atoms with van der Waals surface area (Å²) < 4.78 is 0. The zero-order valence-electron chi connectivity index (χ0n) is 12.9. The third kappa shape index (κ3) is 9.63. The van der Waals surface area contributed by atoms with E-state index < -0.39 is 19.9 Å². The lowest BCUT2D eigenvalue weighted by atomic mass is 10.2. The van der Waals surface area contributed by atoms with Crippen molar-refractivity contribution >= 4 is 25.8 Å². The molecule has 0 heterocycles. The molecule has 0 unspecified atom stereocenters. The van der Waals surface area contributed by atoms with Gasteiger partial charge in [0.25, 0.3) is 0 Å².